The van der Waals surface area contributed by atoms with E-state index in [1.54, 1.807) is 0 Å². The topological polar surface area (TPSA) is 0 Å². The minimum atomic E-state index is 0.659. The predicted molar refractivity (Wildman–Crippen MR) is 40.5 cm³/mol. The summed E-state index contributed by atoms with van der Waals surface area (Å²) in [5.74, 6) is 0.659. The molecule has 0 unspecified atom stereocenters. The number of hydrogen-bond donors (Lipinski definition) is 0. The molecule has 0 bridgehead atoms. The van der Waals surface area contributed by atoms with Gasteiger partial charge in [0.25, 0.3) is 0 Å². The van der Waals surface area contributed by atoms with Crippen molar-refractivity contribution < 1.29 is 0 Å². The lowest BCUT2D eigenvalue weighted by Gasteiger charge is -2.01. The lowest BCUT2D eigenvalue weighted by molar-refractivity contribution is 0.867. The fourth-order valence-electron chi connectivity index (χ4n) is 0.838. The maximum atomic E-state index is 2.20. The van der Waals surface area contributed by atoms with Crippen LogP contribution in [-0.4, -0.2) is 0 Å². The first kappa shape index (κ1) is 6.34. The Kier molecular flexibility index (Phi) is 1.88. The molecule has 0 heteroatoms. The Morgan fingerprint density at radius 1 is 1.00 bits per heavy atom. The summed E-state index contributed by atoms with van der Waals surface area (Å²) >= 11 is 0. The van der Waals surface area contributed by atoms with E-state index in [1.807, 2.05) is 6.07 Å². The van der Waals surface area contributed by atoms with Gasteiger partial charge in [-0.25, -0.2) is 0 Å². The first-order valence-electron chi connectivity index (χ1n) is 3.35. The highest BCUT2D eigenvalue weighted by Crippen LogP contribution is 2.11. The van der Waals surface area contributed by atoms with Gasteiger partial charge in [-0.3, -0.25) is 0 Å². The Hall–Kier alpha value is -0.780. The fourth-order valence-corrected chi connectivity index (χ4v) is 0.838. The molecule has 0 amide bonds. The largest absolute Gasteiger partial charge is 0.0622 e. The number of hydrogen-bond acceptors (Lipinski definition) is 0. The zero-order chi connectivity index (χ0) is 6.69. The lowest BCUT2D eigenvalue weighted by atomic mass is 10.3. The normalized spacial score (nSPS) is 10.1. The van der Waals surface area contributed by atoms with Crippen molar-refractivity contribution in [3.05, 3.63) is 35.9 Å². The summed E-state index contributed by atoms with van der Waals surface area (Å²) in [5.41, 5.74) is 1.41. The van der Waals surface area contributed by atoms with Gasteiger partial charge in [-0.15, -0.1) is 0 Å². The molecule has 0 atom stereocenters. The van der Waals surface area contributed by atoms with Crippen LogP contribution in [0.5, 0.6) is 0 Å². The van der Waals surface area contributed by atoms with Gasteiger partial charge in [0.05, 0.1) is 0 Å². The summed E-state index contributed by atoms with van der Waals surface area (Å²) in [7, 11) is 0. The van der Waals surface area contributed by atoms with E-state index in [0.717, 1.165) is 0 Å². The molecule has 48 valence electrons. The standard InChI is InChI=1S/C9H12/c1-8(2)9-6-4-3-5-7-9/h3-8H,1-2H3/i3+1,4+1,5+1,6+1,7+1,9+1. The second kappa shape index (κ2) is 2.67. The zero-order valence-corrected chi connectivity index (χ0v) is 5.96. The third-order valence-corrected chi connectivity index (χ3v) is 1.47. The van der Waals surface area contributed by atoms with Gasteiger partial charge in [0.1, 0.15) is 0 Å². The van der Waals surface area contributed by atoms with Crippen molar-refractivity contribution in [3.63, 3.8) is 0 Å². The van der Waals surface area contributed by atoms with Crippen LogP contribution in [0.1, 0.15) is 25.3 Å². The lowest BCUT2D eigenvalue weighted by Crippen LogP contribution is -1.83. The Morgan fingerprint density at radius 2 is 1.56 bits per heavy atom. The molecule has 0 aliphatic carbocycles. The van der Waals surface area contributed by atoms with Crippen molar-refractivity contribution in [2.75, 3.05) is 0 Å². The third kappa shape index (κ3) is 1.56. The average Bonchev–Trinajstić information content (AvgIpc) is 1.90. The molecule has 0 aliphatic heterocycles. The number of rotatable bonds is 1. The maximum Gasteiger partial charge on any atom is -0.0219 e. The van der Waals surface area contributed by atoms with Gasteiger partial charge < -0.3 is 0 Å². The van der Waals surface area contributed by atoms with Crippen LogP contribution in [0.15, 0.2) is 30.3 Å². The molecular formula is C9H12. The smallest absolute Gasteiger partial charge is 0.0219 e. The molecule has 0 aromatic heterocycles. The van der Waals surface area contributed by atoms with Crippen molar-refractivity contribution in [1.29, 1.82) is 0 Å². The molecule has 0 aliphatic rings. The van der Waals surface area contributed by atoms with E-state index in [4.69, 9.17) is 0 Å². The summed E-state index contributed by atoms with van der Waals surface area (Å²) in [6.45, 7) is 4.41. The van der Waals surface area contributed by atoms with E-state index in [2.05, 4.69) is 38.1 Å². The van der Waals surface area contributed by atoms with E-state index in [9.17, 15) is 0 Å². The molecule has 0 spiro atoms. The van der Waals surface area contributed by atoms with Crippen LogP contribution in [-0.2, 0) is 0 Å². The molecule has 0 radical (unpaired) electrons. The Morgan fingerprint density at radius 3 is 1.89 bits per heavy atom. The molecule has 0 N–H and O–H groups in total. The van der Waals surface area contributed by atoms with Crippen molar-refractivity contribution in [2.24, 2.45) is 0 Å². The maximum absolute atomic E-state index is 2.20. The Labute approximate surface area is 56.5 Å². The Balaban J connectivity index is 2.85. The summed E-state index contributed by atoms with van der Waals surface area (Å²) in [6.07, 6.45) is 0. The molecule has 0 saturated heterocycles. The highest BCUT2D eigenvalue weighted by molar-refractivity contribution is 5.17. The zero-order valence-electron chi connectivity index (χ0n) is 5.96. The molecule has 0 heterocycles. The fraction of sp³-hybridized carbons (Fsp3) is 0.333. The summed E-state index contributed by atoms with van der Waals surface area (Å²) in [4.78, 5) is 0. The molecule has 1 aromatic rings. The van der Waals surface area contributed by atoms with Gasteiger partial charge in [0.2, 0.25) is 0 Å². The molecule has 0 saturated carbocycles. The van der Waals surface area contributed by atoms with Crippen LogP contribution >= 0.6 is 0 Å². The first-order valence-corrected chi connectivity index (χ1v) is 3.35. The second-order valence-electron chi connectivity index (χ2n) is 2.57. The van der Waals surface area contributed by atoms with Crippen molar-refractivity contribution >= 4 is 0 Å². The van der Waals surface area contributed by atoms with Crippen LogP contribution in [0.25, 0.3) is 0 Å². The van der Waals surface area contributed by atoms with E-state index < -0.39 is 0 Å². The number of benzene rings is 1. The molecule has 1 rings (SSSR count). The molecule has 9 heavy (non-hydrogen) atoms. The van der Waals surface area contributed by atoms with Crippen LogP contribution in [0, 0.1) is 0 Å². The van der Waals surface area contributed by atoms with Crippen LogP contribution in [0.3, 0.4) is 0 Å². The van der Waals surface area contributed by atoms with E-state index in [0.29, 0.717) is 5.92 Å². The van der Waals surface area contributed by atoms with Gasteiger partial charge in [-0.2, -0.15) is 0 Å². The SMILES string of the molecule is CC(C)[13c]1[13cH][13cH][13cH][13cH][13cH]1. The average molecular weight is 126 g/mol. The minimum Gasteiger partial charge on any atom is -0.0622 e. The molecule has 1 aromatic carbocycles. The van der Waals surface area contributed by atoms with E-state index >= 15 is 0 Å². The minimum absolute atomic E-state index is 0.659. The highest BCUT2D eigenvalue weighted by Gasteiger charge is 1.93. The van der Waals surface area contributed by atoms with E-state index in [-0.39, 0.29) is 0 Å². The van der Waals surface area contributed by atoms with Crippen molar-refractivity contribution in [2.45, 2.75) is 19.8 Å². The van der Waals surface area contributed by atoms with Crippen LogP contribution in [0.4, 0.5) is 0 Å². The van der Waals surface area contributed by atoms with Crippen LogP contribution < -0.4 is 0 Å². The quantitative estimate of drug-likeness (QED) is 0.542. The summed E-state index contributed by atoms with van der Waals surface area (Å²) < 4.78 is 0. The third-order valence-electron chi connectivity index (χ3n) is 1.47. The summed E-state index contributed by atoms with van der Waals surface area (Å²) in [5, 5.41) is 0. The second-order valence-corrected chi connectivity index (χ2v) is 2.57. The summed E-state index contributed by atoms with van der Waals surface area (Å²) in [6, 6.07) is 10.5. The van der Waals surface area contributed by atoms with Gasteiger partial charge in [-0.1, -0.05) is 44.2 Å². The van der Waals surface area contributed by atoms with Gasteiger partial charge in [0.15, 0.2) is 0 Å². The molecular weight excluding hydrogens is 114 g/mol. The van der Waals surface area contributed by atoms with Gasteiger partial charge >= 0.3 is 0 Å². The molecule has 0 fully saturated rings. The van der Waals surface area contributed by atoms with Crippen molar-refractivity contribution in [1.82, 2.24) is 0 Å². The van der Waals surface area contributed by atoms with Crippen molar-refractivity contribution in [3.8, 4) is 0 Å². The van der Waals surface area contributed by atoms with Gasteiger partial charge in [-0.05, 0) is 11.5 Å². The first-order chi connectivity index (χ1) is 4.30. The molecule has 0 nitrogen and oxygen atoms in total. The highest BCUT2D eigenvalue weighted by atomic mass is 14.8. The van der Waals surface area contributed by atoms with Crippen LogP contribution in [0.2, 0.25) is 0 Å². The van der Waals surface area contributed by atoms with Gasteiger partial charge in [0, 0.05) is 0 Å². The van der Waals surface area contributed by atoms with E-state index in [1.165, 1.54) is 5.56 Å². The Bertz CT molecular complexity index is 163. The monoisotopic (exact) mass is 126 g/mol. The predicted octanol–water partition coefficient (Wildman–Crippen LogP) is 2.81.